The molecule has 0 saturated heterocycles. The smallest absolute Gasteiger partial charge is 0.163 e. The predicted octanol–water partition coefficient (Wildman–Crippen LogP) is 3.28. The van der Waals surface area contributed by atoms with Gasteiger partial charge in [0.2, 0.25) is 0 Å². The van der Waals surface area contributed by atoms with Crippen LogP contribution in [0.1, 0.15) is 42.6 Å². The van der Waals surface area contributed by atoms with E-state index in [0.717, 1.165) is 12.0 Å². The molecule has 0 saturated carbocycles. The van der Waals surface area contributed by atoms with E-state index in [-0.39, 0.29) is 11.2 Å². The van der Waals surface area contributed by atoms with Crippen molar-refractivity contribution in [2.24, 2.45) is 11.1 Å². The second-order valence-electron chi connectivity index (χ2n) is 5.74. The van der Waals surface area contributed by atoms with Crippen molar-refractivity contribution in [3.8, 4) is 0 Å². The Morgan fingerprint density at radius 2 is 2.22 bits per heavy atom. The number of ketones is 1. The largest absolute Gasteiger partial charge is 0.330 e. The highest BCUT2D eigenvalue weighted by Crippen LogP contribution is 2.31. The molecule has 1 heterocycles. The maximum atomic E-state index is 12.2. The van der Waals surface area contributed by atoms with Gasteiger partial charge < -0.3 is 5.73 Å². The summed E-state index contributed by atoms with van der Waals surface area (Å²) in [6.07, 6.45) is 2.84. The van der Waals surface area contributed by atoms with E-state index in [0.29, 0.717) is 13.0 Å². The van der Waals surface area contributed by atoms with E-state index < -0.39 is 0 Å². The van der Waals surface area contributed by atoms with Crippen molar-refractivity contribution >= 4 is 17.5 Å². The lowest BCUT2D eigenvalue weighted by Gasteiger charge is -2.22. The van der Waals surface area contributed by atoms with Crippen LogP contribution in [0.4, 0.5) is 0 Å². The molecule has 0 aromatic heterocycles. The number of thioether (sulfide) groups is 1. The molecule has 2 nitrogen and oxygen atoms in total. The van der Waals surface area contributed by atoms with Crippen molar-refractivity contribution < 1.29 is 4.79 Å². The van der Waals surface area contributed by atoms with Gasteiger partial charge in [-0.2, -0.15) is 0 Å². The van der Waals surface area contributed by atoms with Gasteiger partial charge in [0, 0.05) is 16.9 Å². The number of fused-ring (bicyclic) bond motifs is 1. The van der Waals surface area contributed by atoms with Crippen LogP contribution >= 0.6 is 11.8 Å². The molecule has 2 rings (SSSR count). The van der Waals surface area contributed by atoms with Gasteiger partial charge >= 0.3 is 0 Å². The average Bonchev–Trinajstić information content (AvgIpc) is 2.37. The molecular formula is C15H21NOS. The molecule has 1 aromatic carbocycles. The van der Waals surface area contributed by atoms with Crippen LogP contribution in [0.25, 0.3) is 0 Å². The second-order valence-corrected chi connectivity index (χ2v) is 6.88. The summed E-state index contributed by atoms with van der Waals surface area (Å²) in [7, 11) is 0. The number of hydrogen-bond donors (Lipinski definition) is 1. The number of carbonyl (C=O) groups is 1. The summed E-state index contributed by atoms with van der Waals surface area (Å²) >= 11 is 1.90. The third kappa shape index (κ3) is 3.15. The molecule has 0 atom stereocenters. The zero-order valence-corrected chi connectivity index (χ0v) is 12.0. The molecule has 2 N–H and O–H groups in total. The van der Waals surface area contributed by atoms with Gasteiger partial charge in [0.15, 0.2) is 5.78 Å². The lowest BCUT2D eigenvalue weighted by Crippen LogP contribution is -2.26. The number of carbonyl (C=O) groups excluding carboxylic acids is 1. The second kappa shape index (κ2) is 5.45. The van der Waals surface area contributed by atoms with Crippen LogP contribution in [0.3, 0.4) is 0 Å². The predicted molar refractivity (Wildman–Crippen MR) is 77.3 cm³/mol. The summed E-state index contributed by atoms with van der Waals surface area (Å²) in [6.45, 7) is 4.62. The van der Waals surface area contributed by atoms with Gasteiger partial charge in [-0.15, -0.1) is 11.8 Å². The van der Waals surface area contributed by atoms with Gasteiger partial charge in [-0.1, -0.05) is 19.9 Å². The highest BCUT2D eigenvalue weighted by Gasteiger charge is 2.22. The normalized spacial score (nSPS) is 15.3. The quantitative estimate of drug-likeness (QED) is 0.848. The van der Waals surface area contributed by atoms with Gasteiger partial charge in [-0.3, -0.25) is 4.79 Å². The van der Waals surface area contributed by atoms with E-state index in [9.17, 15) is 4.79 Å². The Bertz CT molecular complexity index is 454. The Labute approximate surface area is 113 Å². The van der Waals surface area contributed by atoms with Crippen molar-refractivity contribution in [1.82, 2.24) is 0 Å². The Morgan fingerprint density at radius 3 is 2.94 bits per heavy atom. The molecule has 0 fully saturated rings. The molecule has 98 valence electrons. The summed E-state index contributed by atoms with van der Waals surface area (Å²) in [5, 5.41) is 0. The Kier molecular flexibility index (Phi) is 4.13. The first-order valence-corrected chi connectivity index (χ1v) is 7.49. The number of rotatable bonds is 4. The van der Waals surface area contributed by atoms with Crippen LogP contribution in [0.5, 0.6) is 0 Å². The molecule has 18 heavy (non-hydrogen) atoms. The first-order valence-electron chi connectivity index (χ1n) is 6.51. The monoisotopic (exact) mass is 263 g/mol. The first-order chi connectivity index (χ1) is 8.52. The Morgan fingerprint density at radius 1 is 1.44 bits per heavy atom. The maximum absolute atomic E-state index is 12.2. The summed E-state index contributed by atoms with van der Waals surface area (Å²) in [5.74, 6) is 1.41. The fourth-order valence-corrected chi connectivity index (χ4v) is 3.16. The zero-order chi connectivity index (χ0) is 13.2. The SMILES string of the molecule is CC(C)(CN)CC(=O)c1ccc2c(c1)CCCS2. The van der Waals surface area contributed by atoms with Gasteiger partial charge in [-0.05, 0) is 48.3 Å². The van der Waals surface area contributed by atoms with Gasteiger partial charge in [-0.25, -0.2) is 0 Å². The molecule has 0 radical (unpaired) electrons. The molecule has 0 amide bonds. The highest BCUT2D eigenvalue weighted by molar-refractivity contribution is 7.99. The summed E-state index contributed by atoms with van der Waals surface area (Å²) in [5.41, 5.74) is 7.76. The Balaban J connectivity index is 2.16. The van der Waals surface area contributed by atoms with E-state index in [1.807, 2.05) is 31.7 Å². The van der Waals surface area contributed by atoms with E-state index >= 15 is 0 Å². The third-order valence-corrected chi connectivity index (χ3v) is 4.62. The van der Waals surface area contributed by atoms with Crippen molar-refractivity contribution in [3.63, 3.8) is 0 Å². The molecule has 0 bridgehead atoms. The summed E-state index contributed by atoms with van der Waals surface area (Å²) in [4.78, 5) is 13.6. The number of Topliss-reactive ketones (excluding diaryl/α,β-unsaturated/α-hetero) is 1. The van der Waals surface area contributed by atoms with E-state index in [1.54, 1.807) is 0 Å². The minimum absolute atomic E-state index is 0.109. The first kappa shape index (κ1) is 13.6. The molecule has 0 unspecified atom stereocenters. The van der Waals surface area contributed by atoms with E-state index in [2.05, 4.69) is 12.1 Å². The Hall–Kier alpha value is -0.800. The van der Waals surface area contributed by atoms with Crippen LogP contribution < -0.4 is 5.73 Å². The van der Waals surface area contributed by atoms with Crippen molar-refractivity contribution in [2.45, 2.75) is 38.0 Å². The highest BCUT2D eigenvalue weighted by atomic mass is 32.2. The topological polar surface area (TPSA) is 43.1 Å². The van der Waals surface area contributed by atoms with Crippen molar-refractivity contribution in [3.05, 3.63) is 29.3 Å². The van der Waals surface area contributed by atoms with Gasteiger partial charge in [0.1, 0.15) is 0 Å². The molecule has 0 aliphatic carbocycles. The van der Waals surface area contributed by atoms with Crippen molar-refractivity contribution in [2.75, 3.05) is 12.3 Å². The maximum Gasteiger partial charge on any atom is 0.163 e. The minimum atomic E-state index is -0.109. The lowest BCUT2D eigenvalue weighted by atomic mass is 9.85. The fourth-order valence-electron chi connectivity index (χ4n) is 2.14. The average molecular weight is 263 g/mol. The fraction of sp³-hybridized carbons (Fsp3) is 0.533. The van der Waals surface area contributed by atoms with Crippen molar-refractivity contribution in [1.29, 1.82) is 0 Å². The molecule has 1 aliphatic rings. The molecule has 0 spiro atoms. The van der Waals surface area contributed by atoms with Crippen LogP contribution in [0.15, 0.2) is 23.1 Å². The summed E-state index contributed by atoms with van der Waals surface area (Å²) in [6, 6.07) is 6.14. The molecule has 3 heteroatoms. The lowest BCUT2D eigenvalue weighted by molar-refractivity contribution is 0.0934. The van der Waals surface area contributed by atoms with E-state index in [1.165, 1.54) is 22.6 Å². The number of nitrogens with two attached hydrogens (primary N) is 1. The zero-order valence-electron chi connectivity index (χ0n) is 11.2. The van der Waals surface area contributed by atoms with Crippen LogP contribution in [0, 0.1) is 5.41 Å². The van der Waals surface area contributed by atoms with Crippen LogP contribution in [-0.2, 0) is 6.42 Å². The van der Waals surface area contributed by atoms with Gasteiger partial charge in [0.05, 0.1) is 0 Å². The minimum Gasteiger partial charge on any atom is -0.330 e. The van der Waals surface area contributed by atoms with Crippen LogP contribution in [0.2, 0.25) is 0 Å². The van der Waals surface area contributed by atoms with E-state index in [4.69, 9.17) is 5.73 Å². The number of benzene rings is 1. The molecule has 1 aromatic rings. The summed E-state index contributed by atoms with van der Waals surface area (Å²) < 4.78 is 0. The number of hydrogen-bond acceptors (Lipinski definition) is 3. The van der Waals surface area contributed by atoms with Crippen LogP contribution in [-0.4, -0.2) is 18.1 Å². The number of aryl methyl sites for hydroxylation is 1. The van der Waals surface area contributed by atoms with Gasteiger partial charge in [0.25, 0.3) is 0 Å². The standard InChI is InChI=1S/C15H21NOS/c1-15(2,10-16)9-13(17)11-5-6-14-12(8-11)4-3-7-18-14/h5-6,8H,3-4,7,9-10,16H2,1-2H3. The third-order valence-electron chi connectivity index (χ3n) is 3.42. The molecular weight excluding hydrogens is 242 g/mol. The molecule has 1 aliphatic heterocycles.